The molecule has 0 N–H and O–H groups in total. The molecule has 90 valence electrons. The van der Waals surface area contributed by atoms with Gasteiger partial charge in [-0.15, -0.1) is 0 Å². The highest BCUT2D eigenvalue weighted by molar-refractivity contribution is 6.65. The van der Waals surface area contributed by atoms with Crippen LogP contribution in [0.1, 0.15) is 17.0 Å². The molecule has 0 spiro atoms. The van der Waals surface area contributed by atoms with Crippen molar-refractivity contribution < 1.29 is 4.79 Å². The Hall–Kier alpha value is -1.80. The summed E-state index contributed by atoms with van der Waals surface area (Å²) in [6, 6.07) is 15.8. The number of para-hydroxylation sites is 2. The molecule has 0 saturated carbocycles. The first-order chi connectivity index (χ1) is 8.70. The Kier molecular flexibility index (Phi) is 2.60. The molecule has 0 radical (unpaired) electrons. The third-order valence-electron chi connectivity index (χ3n) is 3.45. The number of carbonyl (C=O) groups excluding carboxylic acids is 1. The molecule has 0 unspecified atom stereocenters. The van der Waals surface area contributed by atoms with Crippen LogP contribution in [0.5, 0.6) is 0 Å². The van der Waals surface area contributed by atoms with Crippen LogP contribution >= 0.6 is 11.6 Å². The van der Waals surface area contributed by atoms with E-state index in [0.717, 1.165) is 22.5 Å². The third kappa shape index (κ3) is 1.53. The Morgan fingerprint density at radius 3 is 1.89 bits per heavy atom. The lowest BCUT2D eigenvalue weighted by Crippen LogP contribution is -2.24. The van der Waals surface area contributed by atoms with Crippen LogP contribution in [-0.4, -0.2) is 12.3 Å². The number of carbonyl (C=O) groups is 1. The number of anilines is 2. The molecule has 0 aliphatic carbocycles. The maximum atomic E-state index is 11.8. The Bertz CT molecular complexity index is 576. The van der Waals surface area contributed by atoms with Gasteiger partial charge in [-0.1, -0.05) is 36.4 Å². The zero-order valence-corrected chi connectivity index (χ0v) is 10.7. The molecule has 0 saturated heterocycles. The summed E-state index contributed by atoms with van der Waals surface area (Å²) in [5.74, 6) is -0.365. The number of benzene rings is 2. The molecule has 1 heterocycles. The van der Waals surface area contributed by atoms with Crippen LogP contribution in [-0.2, 0) is 4.79 Å². The normalized spacial score (nSPS) is 14.0. The van der Waals surface area contributed by atoms with Gasteiger partial charge in [0.2, 0.25) is 5.24 Å². The van der Waals surface area contributed by atoms with Crippen molar-refractivity contribution in [3.8, 4) is 0 Å². The first kappa shape index (κ1) is 11.3. The van der Waals surface area contributed by atoms with Gasteiger partial charge in [-0.25, -0.2) is 0 Å². The Morgan fingerprint density at radius 1 is 1.00 bits per heavy atom. The first-order valence-corrected chi connectivity index (χ1v) is 6.19. The average molecular weight is 258 g/mol. The molecular formula is C15H12ClNO. The van der Waals surface area contributed by atoms with Crippen molar-refractivity contribution >= 4 is 28.2 Å². The standard InChI is InChI=1S/C15H12ClNO/c1-17-12-8-4-2-6-10(12)14(15(16)18)11-7-3-5-9-13(11)17/h2-9,14H,1H3. The summed E-state index contributed by atoms with van der Waals surface area (Å²) >= 11 is 5.80. The molecule has 0 aromatic heterocycles. The molecule has 0 fully saturated rings. The molecule has 2 aromatic rings. The fourth-order valence-electron chi connectivity index (χ4n) is 2.62. The molecule has 2 aromatic carbocycles. The van der Waals surface area contributed by atoms with Crippen LogP contribution in [0.2, 0.25) is 0 Å². The zero-order chi connectivity index (χ0) is 12.7. The van der Waals surface area contributed by atoms with Gasteiger partial charge in [0.05, 0.1) is 5.92 Å². The van der Waals surface area contributed by atoms with Gasteiger partial charge in [-0.2, -0.15) is 0 Å². The van der Waals surface area contributed by atoms with Gasteiger partial charge in [0.1, 0.15) is 0 Å². The van der Waals surface area contributed by atoms with E-state index in [0.29, 0.717) is 0 Å². The molecule has 1 aliphatic heterocycles. The fraction of sp³-hybridized carbons (Fsp3) is 0.133. The van der Waals surface area contributed by atoms with Crippen LogP contribution in [0.15, 0.2) is 48.5 Å². The minimum Gasteiger partial charge on any atom is -0.344 e. The van der Waals surface area contributed by atoms with E-state index < -0.39 is 0 Å². The van der Waals surface area contributed by atoms with E-state index in [9.17, 15) is 4.79 Å². The summed E-state index contributed by atoms with van der Waals surface area (Å²) in [5, 5.41) is -0.331. The van der Waals surface area contributed by atoms with Crippen molar-refractivity contribution in [3.05, 3.63) is 59.7 Å². The lowest BCUT2D eigenvalue weighted by atomic mass is 9.86. The maximum absolute atomic E-state index is 11.8. The number of nitrogens with zero attached hydrogens (tertiary/aromatic N) is 1. The summed E-state index contributed by atoms with van der Waals surface area (Å²) < 4.78 is 0. The molecule has 3 heteroatoms. The second-order valence-corrected chi connectivity index (χ2v) is 4.79. The quantitative estimate of drug-likeness (QED) is 0.727. The smallest absolute Gasteiger partial charge is 0.233 e. The van der Waals surface area contributed by atoms with Gasteiger partial charge in [-0.05, 0) is 34.9 Å². The van der Waals surface area contributed by atoms with E-state index in [1.165, 1.54) is 0 Å². The second kappa shape index (κ2) is 4.14. The van der Waals surface area contributed by atoms with Crippen LogP contribution in [0.25, 0.3) is 0 Å². The minimum absolute atomic E-state index is 0.331. The molecule has 1 aliphatic rings. The largest absolute Gasteiger partial charge is 0.344 e. The lowest BCUT2D eigenvalue weighted by Gasteiger charge is -2.33. The summed E-state index contributed by atoms with van der Waals surface area (Å²) in [6.45, 7) is 0. The monoisotopic (exact) mass is 257 g/mol. The van der Waals surface area contributed by atoms with Crippen LogP contribution < -0.4 is 4.90 Å². The summed E-state index contributed by atoms with van der Waals surface area (Å²) in [4.78, 5) is 13.9. The van der Waals surface area contributed by atoms with Gasteiger partial charge in [0, 0.05) is 18.4 Å². The predicted molar refractivity (Wildman–Crippen MR) is 73.7 cm³/mol. The molecule has 0 amide bonds. The molecule has 0 atom stereocenters. The van der Waals surface area contributed by atoms with Crippen molar-refractivity contribution in [1.82, 2.24) is 0 Å². The van der Waals surface area contributed by atoms with Gasteiger partial charge in [-0.3, -0.25) is 4.79 Å². The Morgan fingerprint density at radius 2 is 1.44 bits per heavy atom. The van der Waals surface area contributed by atoms with Crippen molar-refractivity contribution in [2.24, 2.45) is 0 Å². The highest BCUT2D eigenvalue weighted by atomic mass is 35.5. The molecule has 2 nitrogen and oxygen atoms in total. The van der Waals surface area contributed by atoms with Crippen LogP contribution in [0.3, 0.4) is 0 Å². The lowest BCUT2D eigenvalue weighted by molar-refractivity contribution is -0.112. The van der Waals surface area contributed by atoms with Crippen molar-refractivity contribution in [1.29, 1.82) is 0 Å². The molecule has 0 bridgehead atoms. The van der Waals surface area contributed by atoms with Gasteiger partial charge >= 0.3 is 0 Å². The average Bonchev–Trinajstić information content (AvgIpc) is 2.39. The third-order valence-corrected chi connectivity index (χ3v) is 3.66. The van der Waals surface area contributed by atoms with Crippen LogP contribution in [0, 0.1) is 0 Å². The van der Waals surface area contributed by atoms with Crippen molar-refractivity contribution in [2.75, 3.05) is 11.9 Å². The van der Waals surface area contributed by atoms with E-state index in [2.05, 4.69) is 4.90 Å². The molecule has 18 heavy (non-hydrogen) atoms. The highest BCUT2D eigenvalue weighted by Gasteiger charge is 2.31. The maximum Gasteiger partial charge on any atom is 0.233 e. The SMILES string of the molecule is CN1c2ccccc2C(C(=O)Cl)c2ccccc21. The van der Waals surface area contributed by atoms with Gasteiger partial charge in [0.25, 0.3) is 0 Å². The van der Waals surface area contributed by atoms with E-state index in [1.807, 2.05) is 55.6 Å². The molecular weight excluding hydrogens is 246 g/mol. The Labute approximate surface area is 111 Å². The number of fused-ring (bicyclic) bond motifs is 2. The number of hydrogen-bond acceptors (Lipinski definition) is 2. The number of halogens is 1. The van der Waals surface area contributed by atoms with E-state index >= 15 is 0 Å². The highest BCUT2D eigenvalue weighted by Crippen LogP contribution is 2.45. The summed E-state index contributed by atoms with van der Waals surface area (Å²) in [5.41, 5.74) is 4.02. The summed E-state index contributed by atoms with van der Waals surface area (Å²) in [7, 11) is 2.01. The molecule has 3 rings (SSSR count). The van der Waals surface area contributed by atoms with Gasteiger partial charge < -0.3 is 4.90 Å². The van der Waals surface area contributed by atoms with Crippen molar-refractivity contribution in [3.63, 3.8) is 0 Å². The zero-order valence-electron chi connectivity index (χ0n) is 9.93. The minimum atomic E-state index is -0.365. The van der Waals surface area contributed by atoms with E-state index in [4.69, 9.17) is 11.6 Å². The second-order valence-electron chi connectivity index (χ2n) is 4.41. The van der Waals surface area contributed by atoms with E-state index in [-0.39, 0.29) is 11.2 Å². The number of rotatable bonds is 1. The summed E-state index contributed by atoms with van der Waals surface area (Å²) in [6.07, 6.45) is 0. The van der Waals surface area contributed by atoms with Crippen LogP contribution in [0.4, 0.5) is 11.4 Å². The van der Waals surface area contributed by atoms with Gasteiger partial charge in [0.15, 0.2) is 0 Å². The van der Waals surface area contributed by atoms with E-state index in [1.54, 1.807) is 0 Å². The topological polar surface area (TPSA) is 20.3 Å². The number of hydrogen-bond donors (Lipinski definition) is 0. The fourth-order valence-corrected chi connectivity index (χ4v) is 2.85. The predicted octanol–water partition coefficient (Wildman–Crippen LogP) is 3.67. The Balaban J connectivity index is 2.30. The van der Waals surface area contributed by atoms with Crippen molar-refractivity contribution in [2.45, 2.75) is 5.92 Å². The first-order valence-electron chi connectivity index (χ1n) is 5.81.